The predicted molar refractivity (Wildman–Crippen MR) is 76.6 cm³/mol. The Kier molecular flexibility index (Phi) is 3.14. The Morgan fingerprint density at radius 3 is 2.65 bits per heavy atom. The van der Waals surface area contributed by atoms with Crippen molar-refractivity contribution in [1.29, 1.82) is 5.26 Å². The average Bonchev–Trinajstić information content (AvgIpc) is 2.48. The van der Waals surface area contributed by atoms with Gasteiger partial charge in [-0.1, -0.05) is 48.5 Å². The quantitative estimate of drug-likeness (QED) is 0.833. The monoisotopic (exact) mass is 260 g/mol. The van der Waals surface area contributed by atoms with E-state index in [0.29, 0.717) is 12.1 Å². The van der Waals surface area contributed by atoms with Crippen LogP contribution in [-0.4, -0.2) is 11.6 Å². The molecule has 0 unspecified atom stereocenters. The van der Waals surface area contributed by atoms with Gasteiger partial charge < -0.3 is 0 Å². The van der Waals surface area contributed by atoms with Gasteiger partial charge in [-0.25, -0.2) is 4.99 Å². The molecule has 2 aromatic carbocycles. The summed E-state index contributed by atoms with van der Waals surface area (Å²) in [6.07, 6.45) is 0.599. The summed E-state index contributed by atoms with van der Waals surface area (Å²) < 4.78 is 0. The van der Waals surface area contributed by atoms with Crippen molar-refractivity contribution in [3.05, 3.63) is 70.8 Å². The van der Waals surface area contributed by atoms with Crippen molar-refractivity contribution in [1.82, 2.24) is 0 Å². The Bertz CT molecular complexity index is 739. The molecule has 0 aromatic heterocycles. The second-order valence-electron chi connectivity index (χ2n) is 4.68. The minimum Gasteiger partial charge on any atom is -0.272 e. The molecule has 1 aliphatic heterocycles. The Morgan fingerprint density at radius 1 is 1.10 bits per heavy atom. The van der Waals surface area contributed by atoms with E-state index < -0.39 is 0 Å². The zero-order valence-electron chi connectivity index (χ0n) is 10.8. The van der Waals surface area contributed by atoms with Crippen molar-refractivity contribution in [2.75, 3.05) is 0 Å². The lowest BCUT2D eigenvalue weighted by molar-refractivity contribution is -0.117. The second-order valence-corrected chi connectivity index (χ2v) is 4.68. The zero-order valence-corrected chi connectivity index (χ0v) is 10.8. The molecular weight excluding hydrogens is 248 g/mol. The van der Waals surface area contributed by atoms with Gasteiger partial charge in [0.25, 0.3) is 5.91 Å². The summed E-state index contributed by atoms with van der Waals surface area (Å²) in [5, 5.41) is 8.90. The molecule has 0 saturated heterocycles. The molecule has 1 heterocycles. The zero-order chi connectivity index (χ0) is 13.9. The van der Waals surface area contributed by atoms with Gasteiger partial charge in [0.2, 0.25) is 0 Å². The van der Waals surface area contributed by atoms with Crippen LogP contribution in [0.1, 0.15) is 22.3 Å². The predicted octanol–water partition coefficient (Wildman–Crippen LogP) is 2.67. The largest absolute Gasteiger partial charge is 0.272 e. The summed E-state index contributed by atoms with van der Waals surface area (Å²) in [5.74, 6) is -0.151. The summed E-state index contributed by atoms with van der Waals surface area (Å²) >= 11 is 0. The summed E-state index contributed by atoms with van der Waals surface area (Å²) in [7, 11) is 0. The van der Waals surface area contributed by atoms with E-state index in [0.717, 1.165) is 22.3 Å². The van der Waals surface area contributed by atoms with Crippen LogP contribution in [0.15, 0.2) is 53.5 Å². The van der Waals surface area contributed by atoms with Crippen LogP contribution in [0.25, 0.3) is 0 Å². The fraction of sp³-hybridized carbons (Fsp3) is 0.118. The standard InChI is InChI=1S/C17H12N2O/c18-10-9-12-7-4-8-14-15(12)11-16(20)19-17(14)13-5-2-1-3-6-13/h1-8H,9,11H2. The van der Waals surface area contributed by atoms with Crippen molar-refractivity contribution < 1.29 is 4.79 Å². The summed E-state index contributed by atoms with van der Waals surface area (Å²) in [6, 6.07) is 17.6. The van der Waals surface area contributed by atoms with Crippen LogP contribution in [0.3, 0.4) is 0 Å². The number of amides is 1. The van der Waals surface area contributed by atoms with Crippen LogP contribution in [0, 0.1) is 11.3 Å². The molecule has 96 valence electrons. The smallest absolute Gasteiger partial charge is 0.250 e. The number of rotatable bonds is 2. The molecule has 0 N–H and O–H groups in total. The van der Waals surface area contributed by atoms with Gasteiger partial charge in [-0.15, -0.1) is 0 Å². The topological polar surface area (TPSA) is 53.2 Å². The maximum atomic E-state index is 11.9. The van der Waals surface area contributed by atoms with E-state index in [1.165, 1.54) is 0 Å². The maximum absolute atomic E-state index is 11.9. The van der Waals surface area contributed by atoms with Gasteiger partial charge >= 0.3 is 0 Å². The first-order chi connectivity index (χ1) is 9.79. The summed E-state index contributed by atoms with van der Waals surface area (Å²) in [6.45, 7) is 0. The molecule has 1 aliphatic rings. The molecule has 20 heavy (non-hydrogen) atoms. The minimum atomic E-state index is -0.151. The molecule has 2 aromatic rings. The molecule has 3 rings (SSSR count). The van der Waals surface area contributed by atoms with E-state index in [-0.39, 0.29) is 12.3 Å². The van der Waals surface area contributed by atoms with Crippen molar-refractivity contribution >= 4 is 11.6 Å². The molecule has 3 heteroatoms. The van der Waals surface area contributed by atoms with Gasteiger partial charge in [0.15, 0.2) is 0 Å². The lowest BCUT2D eigenvalue weighted by atomic mass is 9.89. The third-order valence-electron chi connectivity index (χ3n) is 3.41. The van der Waals surface area contributed by atoms with Crippen molar-refractivity contribution in [3.8, 4) is 6.07 Å². The number of hydrogen-bond acceptors (Lipinski definition) is 2. The molecule has 3 nitrogen and oxygen atoms in total. The summed E-state index contributed by atoms with van der Waals surface area (Å²) in [4.78, 5) is 16.1. The molecule has 0 spiro atoms. The number of carbonyl (C=O) groups excluding carboxylic acids is 1. The highest BCUT2D eigenvalue weighted by molar-refractivity contribution is 6.19. The van der Waals surface area contributed by atoms with Gasteiger partial charge in [-0.3, -0.25) is 4.79 Å². The van der Waals surface area contributed by atoms with E-state index >= 15 is 0 Å². The Balaban J connectivity index is 2.18. The lowest BCUT2D eigenvalue weighted by Crippen LogP contribution is -2.19. The van der Waals surface area contributed by atoms with Gasteiger partial charge in [-0.2, -0.15) is 5.26 Å². The maximum Gasteiger partial charge on any atom is 0.250 e. The Morgan fingerprint density at radius 2 is 1.90 bits per heavy atom. The Hall–Kier alpha value is -2.73. The van der Waals surface area contributed by atoms with Crippen LogP contribution < -0.4 is 0 Å². The van der Waals surface area contributed by atoms with E-state index in [4.69, 9.17) is 5.26 Å². The molecule has 0 fully saturated rings. The van der Waals surface area contributed by atoms with Crippen LogP contribution in [0.4, 0.5) is 0 Å². The van der Waals surface area contributed by atoms with Crippen molar-refractivity contribution in [3.63, 3.8) is 0 Å². The Labute approximate surface area is 117 Å². The SMILES string of the molecule is N#CCc1cccc2c1CC(=O)N=C2c1ccccc1. The fourth-order valence-corrected chi connectivity index (χ4v) is 2.51. The summed E-state index contributed by atoms with van der Waals surface area (Å²) in [5.41, 5.74) is 4.45. The first kappa shape index (κ1) is 12.3. The first-order valence-corrected chi connectivity index (χ1v) is 6.44. The minimum absolute atomic E-state index is 0.151. The average molecular weight is 260 g/mol. The number of aliphatic imine (C=N–C) groups is 1. The number of benzene rings is 2. The van der Waals surface area contributed by atoms with Crippen LogP contribution in [0.5, 0.6) is 0 Å². The molecule has 0 aliphatic carbocycles. The number of hydrogen-bond donors (Lipinski definition) is 0. The molecule has 1 amide bonds. The highest BCUT2D eigenvalue weighted by atomic mass is 16.1. The fourth-order valence-electron chi connectivity index (χ4n) is 2.51. The number of fused-ring (bicyclic) bond motifs is 1. The third-order valence-corrected chi connectivity index (χ3v) is 3.41. The highest BCUT2D eigenvalue weighted by Crippen LogP contribution is 2.24. The number of carbonyl (C=O) groups is 1. The van der Waals surface area contributed by atoms with Crippen molar-refractivity contribution in [2.45, 2.75) is 12.8 Å². The van der Waals surface area contributed by atoms with Gasteiger partial charge in [0, 0.05) is 11.1 Å². The molecule has 0 saturated carbocycles. The van der Waals surface area contributed by atoms with E-state index in [9.17, 15) is 4.79 Å². The molecule has 0 bridgehead atoms. The van der Waals surface area contributed by atoms with Gasteiger partial charge in [0.05, 0.1) is 24.6 Å². The van der Waals surface area contributed by atoms with Crippen LogP contribution >= 0.6 is 0 Å². The van der Waals surface area contributed by atoms with Crippen LogP contribution in [0.2, 0.25) is 0 Å². The van der Waals surface area contributed by atoms with Crippen LogP contribution in [-0.2, 0) is 17.6 Å². The normalized spacial score (nSPS) is 13.3. The molecule has 0 atom stereocenters. The van der Waals surface area contributed by atoms with E-state index in [1.807, 2.05) is 48.5 Å². The number of nitriles is 1. The number of nitrogens with zero attached hydrogens (tertiary/aromatic N) is 2. The van der Waals surface area contributed by atoms with Gasteiger partial charge in [0.1, 0.15) is 0 Å². The first-order valence-electron chi connectivity index (χ1n) is 6.44. The molecular formula is C17H12N2O. The van der Waals surface area contributed by atoms with Gasteiger partial charge in [-0.05, 0) is 11.1 Å². The van der Waals surface area contributed by atoms with E-state index in [1.54, 1.807) is 0 Å². The van der Waals surface area contributed by atoms with Crippen molar-refractivity contribution in [2.24, 2.45) is 4.99 Å². The lowest BCUT2D eigenvalue weighted by Gasteiger charge is -2.18. The molecule has 0 radical (unpaired) electrons. The second kappa shape index (κ2) is 5.10. The third kappa shape index (κ3) is 2.12. The highest BCUT2D eigenvalue weighted by Gasteiger charge is 2.22. The van der Waals surface area contributed by atoms with E-state index in [2.05, 4.69) is 11.1 Å².